The van der Waals surface area contributed by atoms with Crippen LogP contribution in [0, 0.1) is 19.8 Å². The molecular formula is C19H23N3O3S. The zero-order chi connectivity index (χ0) is 18.5. The summed E-state index contributed by atoms with van der Waals surface area (Å²) in [4.78, 5) is 32.1. The topological polar surface area (TPSA) is 71.5 Å². The number of aryl methyl sites for hydroxylation is 2. The molecule has 1 N–H and O–H groups in total. The first-order valence-corrected chi connectivity index (χ1v) is 9.57. The minimum atomic E-state index is -0.336. The van der Waals surface area contributed by atoms with Crippen molar-refractivity contribution in [1.29, 1.82) is 0 Å². The number of carbonyl (C=O) groups excluding carboxylic acids is 2. The van der Waals surface area contributed by atoms with Gasteiger partial charge in [-0.1, -0.05) is 0 Å². The lowest BCUT2D eigenvalue weighted by Crippen LogP contribution is -2.42. The van der Waals surface area contributed by atoms with Gasteiger partial charge in [0, 0.05) is 30.7 Å². The molecule has 3 heterocycles. The standard InChI is InChI=1S/C19H23N3O3S/c1-13-5-6-17(26-13)18(23)21-12-15-7-10-22(11-8-15)19(24)25-16-4-3-9-20-14(16)2/h3-6,9,15H,7-8,10-12H2,1-2H3,(H,21,23). The second-order valence-corrected chi connectivity index (χ2v) is 7.79. The van der Waals surface area contributed by atoms with Gasteiger partial charge in [-0.3, -0.25) is 9.78 Å². The van der Waals surface area contributed by atoms with Crippen molar-refractivity contribution in [3.63, 3.8) is 0 Å². The minimum absolute atomic E-state index is 0.0167. The van der Waals surface area contributed by atoms with Crippen molar-refractivity contribution in [2.75, 3.05) is 19.6 Å². The number of hydrogen-bond acceptors (Lipinski definition) is 5. The van der Waals surface area contributed by atoms with Crippen molar-refractivity contribution in [2.45, 2.75) is 26.7 Å². The quantitative estimate of drug-likeness (QED) is 0.892. The second-order valence-electron chi connectivity index (χ2n) is 6.51. The van der Waals surface area contributed by atoms with Gasteiger partial charge in [-0.2, -0.15) is 0 Å². The average molecular weight is 373 g/mol. The van der Waals surface area contributed by atoms with Gasteiger partial charge in [-0.25, -0.2) is 4.79 Å². The van der Waals surface area contributed by atoms with E-state index in [9.17, 15) is 9.59 Å². The number of ether oxygens (including phenoxy) is 1. The van der Waals surface area contributed by atoms with Gasteiger partial charge in [0.2, 0.25) is 0 Å². The van der Waals surface area contributed by atoms with Gasteiger partial charge in [0.05, 0.1) is 10.6 Å². The summed E-state index contributed by atoms with van der Waals surface area (Å²) in [6, 6.07) is 7.30. The van der Waals surface area contributed by atoms with Gasteiger partial charge in [-0.05, 0) is 56.9 Å². The lowest BCUT2D eigenvalue weighted by atomic mass is 9.97. The highest BCUT2D eigenvalue weighted by Gasteiger charge is 2.25. The number of piperidine rings is 1. The van der Waals surface area contributed by atoms with E-state index in [-0.39, 0.29) is 12.0 Å². The van der Waals surface area contributed by atoms with E-state index in [0.717, 1.165) is 22.6 Å². The lowest BCUT2D eigenvalue weighted by molar-refractivity contribution is 0.0935. The summed E-state index contributed by atoms with van der Waals surface area (Å²) in [5.74, 6) is 0.860. The largest absolute Gasteiger partial charge is 0.415 e. The molecule has 2 aromatic heterocycles. The first-order valence-electron chi connectivity index (χ1n) is 8.76. The SMILES string of the molecule is Cc1ccc(C(=O)NCC2CCN(C(=O)Oc3cccnc3C)CC2)s1. The van der Waals surface area contributed by atoms with Crippen molar-refractivity contribution >= 4 is 23.3 Å². The van der Waals surface area contributed by atoms with Crippen LogP contribution in [-0.4, -0.2) is 41.5 Å². The van der Waals surface area contributed by atoms with Crippen LogP contribution in [0.15, 0.2) is 30.5 Å². The zero-order valence-electron chi connectivity index (χ0n) is 15.0. The molecule has 0 unspecified atom stereocenters. The molecule has 0 radical (unpaired) electrons. The number of carbonyl (C=O) groups is 2. The molecule has 1 aliphatic rings. The maximum absolute atomic E-state index is 12.3. The highest BCUT2D eigenvalue weighted by Crippen LogP contribution is 2.20. The first-order chi connectivity index (χ1) is 12.5. The molecule has 26 heavy (non-hydrogen) atoms. The number of amides is 2. The summed E-state index contributed by atoms with van der Waals surface area (Å²) in [6.07, 6.45) is 3.04. The third kappa shape index (κ3) is 4.60. The Kier molecular flexibility index (Phi) is 5.88. The normalized spacial score (nSPS) is 14.9. The van der Waals surface area contributed by atoms with Crippen LogP contribution in [0.4, 0.5) is 4.79 Å². The first kappa shape index (κ1) is 18.4. The van der Waals surface area contributed by atoms with E-state index >= 15 is 0 Å². The van der Waals surface area contributed by atoms with Crippen LogP contribution in [0.3, 0.4) is 0 Å². The molecule has 1 aliphatic heterocycles. The zero-order valence-corrected chi connectivity index (χ0v) is 15.8. The Balaban J connectivity index is 1.43. The molecule has 2 aromatic rings. The smallest absolute Gasteiger partial charge is 0.408 e. The molecule has 0 saturated carbocycles. The third-order valence-corrected chi connectivity index (χ3v) is 5.54. The Labute approximate surface area is 157 Å². The van der Waals surface area contributed by atoms with Gasteiger partial charge >= 0.3 is 6.09 Å². The molecule has 0 bridgehead atoms. The van der Waals surface area contributed by atoms with Gasteiger partial charge in [0.1, 0.15) is 0 Å². The van der Waals surface area contributed by atoms with Crippen molar-refractivity contribution in [1.82, 2.24) is 15.2 Å². The van der Waals surface area contributed by atoms with Crippen LogP contribution in [0.1, 0.15) is 33.1 Å². The summed E-state index contributed by atoms with van der Waals surface area (Å²) in [7, 11) is 0. The van der Waals surface area contributed by atoms with Crippen molar-refractivity contribution in [3.05, 3.63) is 45.9 Å². The predicted octanol–water partition coefficient (Wildman–Crippen LogP) is 3.40. The number of thiophene rings is 1. The maximum Gasteiger partial charge on any atom is 0.415 e. The number of nitrogens with zero attached hydrogens (tertiary/aromatic N) is 2. The van der Waals surface area contributed by atoms with Crippen LogP contribution in [-0.2, 0) is 0 Å². The fourth-order valence-corrected chi connectivity index (χ4v) is 3.72. The number of pyridine rings is 1. The molecule has 0 atom stereocenters. The molecule has 6 nitrogen and oxygen atoms in total. The highest BCUT2D eigenvalue weighted by atomic mass is 32.1. The van der Waals surface area contributed by atoms with Crippen molar-refractivity contribution < 1.29 is 14.3 Å². The van der Waals surface area contributed by atoms with Crippen LogP contribution in [0.5, 0.6) is 5.75 Å². The third-order valence-electron chi connectivity index (χ3n) is 4.54. The van der Waals surface area contributed by atoms with Crippen LogP contribution >= 0.6 is 11.3 Å². The van der Waals surface area contributed by atoms with Gasteiger partial charge in [-0.15, -0.1) is 11.3 Å². The molecule has 3 rings (SSSR count). The fourth-order valence-electron chi connectivity index (χ4n) is 2.94. The van der Waals surface area contributed by atoms with Gasteiger partial charge < -0.3 is 15.0 Å². The molecule has 1 fully saturated rings. The second kappa shape index (κ2) is 8.31. The average Bonchev–Trinajstić information content (AvgIpc) is 3.08. The summed E-state index contributed by atoms with van der Waals surface area (Å²) in [5, 5.41) is 3.00. The predicted molar refractivity (Wildman–Crippen MR) is 101 cm³/mol. The van der Waals surface area contributed by atoms with Crippen LogP contribution in [0.25, 0.3) is 0 Å². The number of hydrogen-bond donors (Lipinski definition) is 1. The lowest BCUT2D eigenvalue weighted by Gasteiger charge is -2.31. The van der Waals surface area contributed by atoms with E-state index in [1.165, 1.54) is 11.3 Å². The van der Waals surface area contributed by atoms with E-state index in [2.05, 4.69) is 10.3 Å². The van der Waals surface area contributed by atoms with Gasteiger partial charge in [0.15, 0.2) is 5.75 Å². The molecule has 7 heteroatoms. The molecule has 0 spiro atoms. The molecule has 138 valence electrons. The van der Waals surface area contributed by atoms with E-state index in [1.54, 1.807) is 23.2 Å². The van der Waals surface area contributed by atoms with Crippen LogP contribution < -0.4 is 10.1 Å². The monoisotopic (exact) mass is 373 g/mol. The molecule has 0 aliphatic carbocycles. The molecule has 0 aromatic carbocycles. The van der Waals surface area contributed by atoms with E-state index in [4.69, 9.17) is 4.74 Å². The Hall–Kier alpha value is -2.41. The van der Waals surface area contributed by atoms with E-state index in [1.807, 2.05) is 26.0 Å². The summed E-state index contributed by atoms with van der Waals surface area (Å²) in [6.45, 7) is 5.71. The summed E-state index contributed by atoms with van der Waals surface area (Å²) >= 11 is 1.50. The van der Waals surface area contributed by atoms with Gasteiger partial charge in [0.25, 0.3) is 5.91 Å². The maximum atomic E-state index is 12.3. The highest BCUT2D eigenvalue weighted by molar-refractivity contribution is 7.13. The molecule has 1 saturated heterocycles. The fraction of sp³-hybridized carbons (Fsp3) is 0.421. The Morgan fingerprint density at radius 3 is 2.69 bits per heavy atom. The van der Waals surface area contributed by atoms with Crippen molar-refractivity contribution in [2.24, 2.45) is 5.92 Å². The number of nitrogens with one attached hydrogen (secondary N) is 1. The molecular weight excluding hydrogens is 350 g/mol. The number of likely N-dealkylation sites (tertiary alicyclic amines) is 1. The Morgan fingerprint density at radius 1 is 1.27 bits per heavy atom. The number of rotatable bonds is 4. The minimum Gasteiger partial charge on any atom is -0.408 e. The molecule has 2 amide bonds. The Bertz CT molecular complexity index is 782. The summed E-state index contributed by atoms with van der Waals surface area (Å²) in [5.41, 5.74) is 0.697. The van der Waals surface area contributed by atoms with E-state index in [0.29, 0.717) is 37.0 Å². The van der Waals surface area contributed by atoms with E-state index < -0.39 is 0 Å². The van der Waals surface area contributed by atoms with Crippen LogP contribution in [0.2, 0.25) is 0 Å². The van der Waals surface area contributed by atoms with Crippen molar-refractivity contribution in [3.8, 4) is 5.75 Å². The number of aromatic nitrogens is 1. The Morgan fingerprint density at radius 2 is 2.04 bits per heavy atom. The summed E-state index contributed by atoms with van der Waals surface area (Å²) < 4.78 is 5.43.